The maximum Gasteiger partial charge on any atom is 0.236 e. The van der Waals surface area contributed by atoms with Crippen molar-refractivity contribution >= 4 is 27.7 Å². The molecule has 242 valence electrons. The van der Waals surface area contributed by atoms with E-state index in [0.717, 1.165) is 28.2 Å². The Balaban J connectivity index is 1.35. The van der Waals surface area contributed by atoms with Gasteiger partial charge in [0, 0.05) is 56.2 Å². The normalized spacial score (nSPS) is 14.7. The maximum absolute atomic E-state index is 13.2. The number of methoxy groups -OCH3 is 2. The number of ether oxygens (including phenoxy) is 3. The summed E-state index contributed by atoms with van der Waals surface area (Å²) in [5.74, 6) is 3.14. The first-order valence-corrected chi connectivity index (χ1v) is 17.1. The first kappa shape index (κ1) is 31.5. The molecule has 12 nitrogen and oxygen atoms in total. The van der Waals surface area contributed by atoms with Gasteiger partial charge in [-0.05, 0) is 48.2 Å². The third-order valence-corrected chi connectivity index (χ3v) is 10.1. The highest BCUT2D eigenvalue weighted by molar-refractivity contribution is 7.92. The van der Waals surface area contributed by atoms with Gasteiger partial charge in [-0.1, -0.05) is 31.2 Å². The standard InChI is InChI=1S/C33H39N7O5S/c1-4-19-46(41,42)40-14-13-29-30(36-33(37-31(29)40)38-15-17-45-18-16-38)26-20-34-32(35-21-26)39(22-24-5-9-27(43-2)10-6-24)23-25-7-11-28(44-3)12-8-25/h5-12,20-21H,4,13-19,22-23H2,1-3H3. The predicted octanol–water partition coefficient (Wildman–Crippen LogP) is 4.10. The number of aromatic nitrogens is 4. The van der Waals surface area contributed by atoms with E-state index in [1.807, 2.05) is 60.4 Å². The van der Waals surface area contributed by atoms with Gasteiger partial charge in [-0.25, -0.2) is 23.4 Å². The summed E-state index contributed by atoms with van der Waals surface area (Å²) < 4.78 is 44.1. The second-order valence-electron chi connectivity index (χ2n) is 11.2. The Kier molecular flexibility index (Phi) is 9.50. The Morgan fingerprint density at radius 3 is 1.98 bits per heavy atom. The van der Waals surface area contributed by atoms with Crippen molar-refractivity contribution in [1.29, 1.82) is 0 Å². The summed E-state index contributed by atoms with van der Waals surface area (Å²) in [6.07, 6.45) is 4.58. The van der Waals surface area contributed by atoms with Crippen molar-refractivity contribution in [2.45, 2.75) is 32.9 Å². The van der Waals surface area contributed by atoms with Crippen molar-refractivity contribution in [2.75, 3.05) is 66.9 Å². The lowest BCUT2D eigenvalue weighted by Gasteiger charge is -2.28. The van der Waals surface area contributed by atoms with E-state index < -0.39 is 10.0 Å². The molecule has 4 heterocycles. The Morgan fingerprint density at radius 2 is 1.43 bits per heavy atom. The summed E-state index contributed by atoms with van der Waals surface area (Å²) in [6.45, 7) is 5.72. The summed E-state index contributed by atoms with van der Waals surface area (Å²) in [6, 6.07) is 15.9. The molecule has 46 heavy (non-hydrogen) atoms. The Morgan fingerprint density at radius 1 is 0.848 bits per heavy atom. The molecule has 0 bridgehead atoms. The van der Waals surface area contributed by atoms with Gasteiger partial charge in [-0.15, -0.1) is 0 Å². The van der Waals surface area contributed by atoms with Crippen LogP contribution in [0.1, 0.15) is 30.0 Å². The van der Waals surface area contributed by atoms with Gasteiger partial charge in [-0.2, -0.15) is 4.98 Å². The van der Waals surface area contributed by atoms with Crippen LogP contribution in [-0.4, -0.2) is 81.2 Å². The van der Waals surface area contributed by atoms with Gasteiger partial charge in [0.1, 0.15) is 11.5 Å². The van der Waals surface area contributed by atoms with Crippen molar-refractivity contribution in [3.8, 4) is 22.8 Å². The Labute approximate surface area is 270 Å². The Hall–Kier alpha value is -4.49. The predicted molar refractivity (Wildman–Crippen MR) is 177 cm³/mol. The molecule has 6 rings (SSSR count). The topological polar surface area (TPSA) is 123 Å². The van der Waals surface area contributed by atoms with Crippen molar-refractivity contribution in [3.63, 3.8) is 0 Å². The van der Waals surface area contributed by atoms with E-state index in [1.54, 1.807) is 26.6 Å². The van der Waals surface area contributed by atoms with Crippen LogP contribution in [0.15, 0.2) is 60.9 Å². The summed E-state index contributed by atoms with van der Waals surface area (Å²) in [5.41, 5.74) is 4.32. The fraction of sp³-hybridized carbons (Fsp3) is 0.394. The number of fused-ring (bicyclic) bond motifs is 1. The zero-order valence-corrected chi connectivity index (χ0v) is 27.2. The van der Waals surface area contributed by atoms with Crippen LogP contribution >= 0.6 is 0 Å². The van der Waals surface area contributed by atoms with E-state index in [0.29, 0.717) is 87.8 Å². The molecular weight excluding hydrogens is 606 g/mol. The van der Waals surface area contributed by atoms with E-state index in [9.17, 15) is 8.42 Å². The molecule has 0 aliphatic carbocycles. The van der Waals surface area contributed by atoms with Crippen LogP contribution in [0.2, 0.25) is 0 Å². The highest BCUT2D eigenvalue weighted by Gasteiger charge is 2.34. The minimum absolute atomic E-state index is 0.0642. The molecule has 2 aliphatic rings. The molecule has 0 N–H and O–H groups in total. The van der Waals surface area contributed by atoms with Gasteiger partial charge in [0.15, 0.2) is 5.82 Å². The summed E-state index contributed by atoms with van der Waals surface area (Å²) in [7, 11) is -0.207. The van der Waals surface area contributed by atoms with Crippen LogP contribution < -0.4 is 23.6 Å². The fourth-order valence-corrected chi connectivity index (χ4v) is 7.23. The van der Waals surface area contributed by atoms with Crippen molar-refractivity contribution < 1.29 is 22.6 Å². The van der Waals surface area contributed by atoms with E-state index in [4.69, 9.17) is 34.1 Å². The van der Waals surface area contributed by atoms with Crippen LogP contribution in [0.3, 0.4) is 0 Å². The van der Waals surface area contributed by atoms with Crippen LogP contribution in [0.5, 0.6) is 11.5 Å². The molecule has 0 saturated carbocycles. The highest BCUT2D eigenvalue weighted by atomic mass is 32.2. The molecule has 0 radical (unpaired) electrons. The number of nitrogens with zero attached hydrogens (tertiary/aromatic N) is 7. The molecule has 1 saturated heterocycles. The molecule has 2 aromatic carbocycles. The number of anilines is 3. The highest BCUT2D eigenvalue weighted by Crippen LogP contribution is 2.37. The largest absolute Gasteiger partial charge is 0.497 e. The quantitative estimate of drug-likeness (QED) is 0.221. The SMILES string of the molecule is CCCS(=O)(=O)N1CCc2c(-c3cnc(N(Cc4ccc(OC)cc4)Cc4ccc(OC)cc4)nc3)nc(N3CCOCC3)nc21. The minimum atomic E-state index is -3.51. The lowest BCUT2D eigenvalue weighted by Crippen LogP contribution is -2.38. The number of sulfonamides is 1. The van der Waals surface area contributed by atoms with E-state index in [-0.39, 0.29) is 5.75 Å². The molecule has 2 aliphatic heterocycles. The first-order chi connectivity index (χ1) is 22.4. The second kappa shape index (κ2) is 13.9. The van der Waals surface area contributed by atoms with Gasteiger partial charge in [0.2, 0.25) is 21.9 Å². The van der Waals surface area contributed by atoms with Gasteiger partial charge in [0.25, 0.3) is 0 Å². The monoisotopic (exact) mass is 645 g/mol. The van der Waals surface area contributed by atoms with Gasteiger partial charge >= 0.3 is 0 Å². The maximum atomic E-state index is 13.2. The zero-order valence-electron chi connectivity index (χ0n) is 26.4. The Bertz CT molecular complexity index is 1680. The molecule has 0 spiro atoms. The van der Waals surface area contributed by atoms with E-state index >= 15 is 0 Å². The van der Waals surface area contributed by atoms with Crippen LogP contribution in [0, 0.1) is 0 Å². The van der Waals surface area contributed by atoms with Crippen LogP contribution in [0.4, 0.5) is 17.7 Å². The summed E-state index contributed by atoms with van der Waals surface area (Å²) >= 11 is 0. The lowest BCUT2D eigenvalue weighted by molar-refractivity contribution is 0.122. The second-order valence-corrected chi connectivity index (χ2v) is 13.2. The third kappa shape index (κ3) is 6.85. The third-order valence-electron chi connectivity index (χ3n) is 8.13. The molecule has 2 aromatic heterocycles. The summed E-state index contributed by atoms with van der Waals surface area (Å²) in [4.78, 5) is 23.5. The fourth-order valence-electron chi connectivity index (χ4n) is 5.71. The molecule has 4 aromatic rings. The van der Waals surface area contributed by atoms with Gasteiger partial charge < -0.3 is 24.0 Å². The van der Waals surface area contributed by atoms with E-state index in [1.165, 1.54) is 4.31 Å². The van der Waals surface area contributed by atoms with Crippen LogP contribution in [0.25, 0.3) is 11.3 Å². The summed E-state index contributed by atoms with van der Waals surface area (Å²) in [5, 5.41) is 0. The number of rotatable bonds is 12. The average Bonchev–Trinajstić information content (AvgIpc) is 3.54. The molecular formula is C33H39N7O5S. The first-order valence-electron chi connectivity index (χ1n) is 15.5. The molecule has 0 unspecified atom stereocenters. The molecule has 0 amide bonds. The van der Waals surface area contributed by atoms with Crippen molar-refractivity contribution in [3.05, 3.63) is 77.6 Å². The lowest BCUT2D eigenvalue weighted by atomic mass is 10.1. The van der Waals surface area contributed by atoms with Crippen molar-refractivity contribution in [2.24, 2.45) is 0 Å². The smallest absolute Gasteiger partial charge is 0.236 e. The number of hydrogen-bond donors (Lipinski definition) is 0. The van der Waals surface area contributed by atoms with Crippen molar-refractivity contribution in [1.82, 2.24) is 19.9 Å². The number of benzene rings is 2. The van der Waals surface area contributed by atoms with Crippen LogP contribution in [-0.2, 0) is 34.3 Å². The number of morpholine rings is 1. The van der Waals surface area contributed by atoms with Gasteiger partial charge in [-0.3, -0.25) is 4.31 Å². The molecule has 1 fully saturated rings. The number of hydrogen-bond acceptors (Lipinski definition) is 11. The minimum Gasteiger partial charge on any atom is -0.497 e. The average molecular weight is 646 g/mol. The molecule has 0 atom stereocenters. The molecule has 13 heteroatoms. The zero-order chi connectivity index (χ0) is 32.1. The van der Waals surface area contributed by atoms with Gasteiger partial charge in [0.05, 0.1) is 38.9 Å². The van der Waals surface area contributed by atoms with E-state index in [2.05, 4.69) is 4.90 Å².